The molecule has 0 saturated heterocycles. The number of hydrogen-bond donors (Lipinski definition) is 2. The molecule has 0 radical (unpaired) electrons. The number of nitrogens with one attached hydrogen (secondary N) is 1. The third-order valence-electron chi connectivity index (χ3n) is 2.89. The molecule has 0 bridgehead atoms. The van der Waals surface area contributed by atoms with Crippen molar-refractivity contribution in [2.24, 2.45) is 5.73 Å². The summed E-state index contributed by atoms with van der Waals surface area (Å²) in [6, 6.07) is 10.5. The SMILES string of the molecule is Cl.NC(=O)COc1ccc(CNCc2cc(F)cc(F)c2)cc1. The molecule has 0 atom stereocenters. The highest BCUT2D eigenvalue weighted by molar-refractivity contribution is 5.85. The lowest BCUT2D eigenvalue weighted by Crippen LogP contribution is -2.20. The number of primary amides is 1. The molecule has 4 nitrogen and oxygen atoms in total. The van der Waals surface area contributed by atoms with E-state index in [-0.39, 0.29) is 19.0 Å². The second kappa shape index (κ2) is 9.07. The van der Waals surface area contributed by atoms with Gasteiger partial charge in [0.2, 0.25) is 0 Å². The van der Waals surface area contributed by atoms with Crippen LogP contribution in [0.5, 0.6) is 5.75 Å². The van der Waals surface area contributed by atoms with Gasteiger partial charge in [0.1, 0.15) is 17.4 Å². The molecule has 0 fully saturated rings. The lowest BCUT2D eigenvalue weighted by atomic mass is 10.2. The zero-order valence-electron chi connectivity index (χ0n) is 12.2. The Morgan fingerprint density at radius 1 is 1.00 bits per heavy atom. The molecule has 1 amide bonds. The number of carbonyl (C=O) groups is 1. The molecule has 0 spiro atoms. The van der Waals surface area contributed by atoms with E-state index in [1.807, 2.05) is 12.1 Å². The molecule has 0 heterocycles. The zero-order chi connectivity index (χ0) is 15.9. The van der Waals surface area contributed by atoms with Crippen LogP contribution in [0.1, 0.15) is 11.1 Å². The van der Waals surface area contributed by atoms with Crippen molar-refractivity contribution in [3.63, 3.8) is 0 Å². The first-order chi connectivity index (χ1) is 10.5. The highest BCUT2D eigenvalue weighted by Crippen LogP contribution is 2.12. The Labute approximate surface area is 139 Å². The number of halogens is 3. The topological polar surface area (TPSA) is 64.4 Å². The molecule has 2 aromatic rings. The van der Waals surface area contributed by atoms with Gasteiger partial charge in [0, 0.05) is 19.2 Å². The number of amides is 1. The Kier molecular flexibility index (Phi) is 7.44. The number of carbonyl (C=O) groups excluding carboxylic acids is 1. The molecule has 124 valence electrons. The van der Waals surface area contributed by atoms with Crippen LogP contribution in [0, 0.1) is 11.6 Å². The number of ether oxygens (including phenoxy) is 1. The van der Waals surface area contributed by atoms with Crippen LogP contribution in [0.3, 0.4) is 0 Å². The molecule has 0 unspecified atom stereocenters. The summed E-state index contributed by atoms with van der Waals surface area (Å²) in [5.41, 5.74) is 6.50. The molecule has 3 N–H and O–H groups in total. The summed E-state index contributed by atoms with van der Waals surface area (Å²) in [5.74, 6) is -1.16. The Morgan fingerprint density at radius 3 is 2.13 bits per heavy atom. The highest BCUT2D eigenvalue weighted by atomic mass is 35.5. The number of benzene rings is 2. The van der Waals surface area contributed by atoms with Crippen LogP contribution in [-0.2, 0) is 17.9 Å². The maximum atomic E-state index is 13.0. The fraction of sp³-hybridized carbons (Fsp3) is 0.188. The zero-order valence-corrected chi connectivity index (χ0v) is 13.0. The van der Waals surface area contributed by atoms with Gasteiger partial charge in [-0.05, 0) is 35.4 Å². The molecule has 23 heavy (non-hydrogen) atoms. The standard InChI is InChI=1S/C16H16F2N2O2.ClH/c17-13-5-12(6-14(18)7-13)9-20-8-11-1-3-15(4-2-11)22-10-16(19)21;/h1-7,20H,8-10H2,(H2,19,21);1H. The van der Waals surface area contributed by atoms with Crippen LogP contribution < -0.4 is 15.8 Å². The van der Waals surface area contributed by atoms with Crippen molar-refractivity contribution in [3.8, 4) is 5.75 Å². The molecule has 0 aliphatic heterocycles. The van der Waals surface area contributed by atoms with E-state index in [1.54, 1.807) is 12.1 Å². The average molecular weight is 343 g/mol. The van der Waals surface area contributed by atoms with Crippen molar-refractivity contribution < 1.29 is 18.3 Å². The fourth-order valence-corrected chi connectivity index (χ4v) is 1.92. The van der Waals surface area contributed by atoms with Crippen LogP contribution in [-0.4, -0.2) is 12.5 Å². The molecule has 0 aliphatic rings. The van der Waals surface area contributed by atoms with Crippen molar-refractivity contribution in [2.45, 2.75) is 13.1 Å². The molecule has 0 aromatic heterocycles. The molecule has 7 heteroatoms. The predicted molar refractivity (Wildman–Crippen MR) is 85.3 cm³/mol. The van der Waals surface area contributed by atoms with Gasteiger partial charge in [0.05, 0.1) is 0 Å². The van der Waals surface area contributed by atoms with Gasteiger partial charge >= 0.3 is 0 Å². The monoisotopic (exact) mass is 342 g/mol. The largest absolute Gasteiger partial charge is 0.484 e. The first kappa shape index (κ1) is 18.9. The number of hydrogen-bond acceptors (Lipinski definition) is 3. The van der Waals surface area contributed by atoms with Crippen LogP contribution in [0.4, 0.5) is 8.78 Å². The molecule has 0 saturated carbocycles. The van der Waals surface area contributed by atoms with Crippen LogP contribution in [0.15, 0.2) is 42.5 Å². The minimum absolute atomic E-state index is 0. The maximum Gasteiger partial charge on any atom is 0.255 e. The third-order valence-corrected chi connectivity index (χ3v) is 2.89. The second-order valence-corrected chi connectivity index (χ2v) is 4.78. The predicted octanol–water partition coefficient (Wildman–Crippen LogP) is 2.54. The molecule has 2 rings (SSSR count). The van der Waals surface area contributed by atoms with E-state index in [1.165, 1.54) is 12.1 Å². The van der Waals surface area contributed by atoms with Crippen molar-refractivity contribution in [1.29, 1.82) is 0 Å². The van der Waals surface area contributed by atoms with Gasteiger partial charge in [0.25, 0.3) is 5.91 Å². The van der Waals surface area contributed by atoms with E-state index in [0.717, 1.165) is 11.6 Å². The van der Waals surface area contributed by atoms with Crippen LogP contribution >= 0.6 is 12.4 Å². The Bertz CT molecular complexity index is 631. The Hall–Kier alpha value is -2.18. The van der Waals surface area contributed by atoms with Crippen molar-refractivity contribution in [3.05, 3.63) is 65.2 Å². The van der Waals surface area contributed by atoms with Gasteiger partial charge < -0.3 is 15.8 Å². The average Bonchev–Trinajstić information content (AvgIpc) is 2.45. The quantitative estimate of drug-likeness (QED) is 0.812. The van der Waals surface area contributed by atoms with E-state index in [0.29, 0.717) is 24.4 Å². The van der Waals surface area contributed by atoms with Gasteiger partial charge in [-0.25, -0.2) is 8.78 Å². The Morgan fingerprint density at radius 2 is 1.57 bits per heavy atom. The summed E-state index contributed by atoms with van der Waals surface area (Å²) in [6.45, 7) is 0.728. The highest BCUT2D eigenvalue weighted by Gasteiger charge is 2.01. The van der Waals surface area contributed by atoms with Gasteiger partial charge in [-0.15, -0.1) is 12.4 Å². The van der Waals surface area contributed by atoms with E-state index < -0.39 is 17.5 Å². The summed E-state index contributed by atoms with van der Waals surface area (Å²) in [4.78, 5) is 10.6. The summed E-state index contributed by atoms with van der Waals surface area (Å²) < 4.78 is 31.2. The summed E-state index contributed by atoms with van der Waals surface area (Å²) in [5, 5.41) is 3.09. The van der Waals surface area contributed by atoms with Crippen LogP contribution in [0.2, 0.25) is 0 Å². The second-order valence-electron chi connectivity index (χ2n) is 4.78. The first-order valence-corrected chi connectivity index (χ1v) is 6.68. The van der Waals surface area contributed by atoms with Gasteiger partial charge in [-0.2, -0.15) is 0 Å². The number of nitrogens with two attached hydrogens (primary N) is 1. The van der Waals surface area contributed by atoms with E-state index in [9.17, 15) is 13.6 Å². The first-order valence-electron chi connectivity index (χ1n) is 6.68. The lowest BCUT2D eigenvalue weighted by molar-refractivity contribution is -0.119. The minimum atomic E-state index is -0.590. The van der Waals surface area contributed by atoms with Gasteiger partial charge in [-0.3, -0.25) is 4.79 Å². The number of rotatable bonds is 7. The lowest BCUT2D eigenvalue weighted by Gasteiger charge is -2.07. The molecular formula is C16H17ClF2N2O2. The molecule has 0 aliphatic carbocycles. The van der Waals surface area contributed by atoms with Gasteiger partial charge in [-0.1, -0.05) is 12.1 Å². The summed E-state index contributed by atoms with van der Waals surface area (Å²) in [6.07, 6.45) is 0. The van der Waals surface area contributed by atoms with Crippen LogP contribution in [0.25, 0.3) is 0 Å². The summed E-state index contributed by atoms with van der Waals surface area (Å²) in [7, 11) is 0. The van der Waals surface area contributed by atoms with Crippen molar-refractivity contribution in [2.75, 3.05) is 6.61 Å². The normalized spacial score (nSPS) is 10.0. The smallest absolute Gasteiger partial charge is 0.255 e. The van der Waals surface area contributed by atoms with E-state index in [4.69, 9.17) is 10.5 Å². The van der Waals surface area contributed by atoms with E-state index >= 15 is 0 Å². The minimum Gasteiger partial charge on any atom is -0.484 e. The van der Waals surface area contributed by atoms with Crippen molar-refractivity contribution in [1.82, 2.24) is 5.32 Å². The molecular weight excluding hydrogens is 326 g/mol. The van der Waals surface area contributed by atoms with E-state index in [2.05, 4.69) is 5.32 Å². The third kappa shape index (κ3) is 6.63. The van der Waals surface area contributed by atoms with Crippen molar-refractivity contribution >= 4 is 18.3 Å². The molecule has 2 aromatic carbocycles. The maximum absolute atomic E-state index is 13.0. The fourth-order valence-electron chi connectivity index (χ4n) is 1.92. The Balaban J connectivity index is 0.00000264. The van der Waals surface area contributed by atoms with Gasteiger partial charge in [0.15, 0.2) is 6.61 Å². The summed E-state index contributed by atoms with van der Waals surface area (Å²) >= 11 is 0.